The zero-order valence-electron chi connectivity index (χ0n) is 15.5. The zero-order valence-corrected chi connectivity index (χ0v) is 15.5. The Balaban J connectivity index is 2.83. The second-order valence-electron chi connectivity index (χ2n) is 5.68. The summed E-state index contributed by atoms with van der Waals surface area (Å²) in [5.74, 6) is 0.226. The molecule has 0 saturated heterocycles. The van der Waals surface area contributed by atoms with Gasteiger partial charge in [0.1, 0.15) is 5.82 Å². The van der Waals surface area contributed by atoms with E-state index in [-0.39, 0.29) is 24.6 Å². The topological polar surface area (TPSA) is 68.2 Å². The fourth-order valence-corrected chi connectivity index (χ4v) is 2.44. The molecule has 0 aliphatic heterocycles. The standard InChI is InChI=1S/C18H29FN4O2/c1-5-20-18(22(4)12-17(25)23(6-2)7-3)21-11-14-8-9-16(19)15(10-14)13-24/h8-10,24H,5-7,11-13H2,1-4H3,(H,20,21). The maximum atomic E-state index is 13.4. The van der Waals surface area contributed by atoms with Crippen molar-refractivity contribution in [3.05, 3.63) is 35.1 Å². The molecule has 0 fully saturated rings. The number of hydrogen-bond donors (Lipinski definition) is 2. The SMILES string of the molecule is CCNC(=NCc1ccc(F)c(CO)c1)N(C)CC(=O)N(CC)CC. The minimum absolute atomic E-state index is 0.0439. The number of carbonyl (C=O) groups is 1. The van der Waals surface area contributed by atoms with Crippen molar-refractivity contribution in [2.75, 3.05) is 33.2 Å². The van der Waals surface area contributed by atoms with E-state index in [9.17, 15) is 9.18 Å². The fourth-order valence-electron chi connectivity index (χ4n) is 2.44. The van der Waals surface area contributed by atoms with Crippen LogP contribution < -0.4 is 5.32 Å². The molecule has 0 aliphatic rings. The number of benzene rings is 1. The third-order valence-electron chi connectivity index (χ3n) is 3.88. The van der Waals surface area contributed by atoms with Crippen molar-refractivity contribution in [3.63, 3.8) is 0 Å². The Labute approximate surface area is 149 Å². The molecule has 0 radical (unpaired) electrons. The van der Waals surface area contributed by atoms with E-state index in [2.05, 4.69) is 10.3 Å². The number of aliphatic hydroxyl groups is 1. The third-order valence-corrected chi connectivity index (χ3v) is 3.88. The van der Waals surface area contributed by atoms with Gasteiger partial charge in [0.2, 0.25) is 5.91 Å². The van der Waals surface area contributed by atoms with Crippen molar-refractivity contribution >= 4 is 11.9 Å². The van der Waals surface area contributed by atoms with Gasteiger partial charge in [0.05, 0.1) is 19.7 Å². The fraction of sp³-hybridized carbons (Fsp3) is 0.556. The van der Waals surface area contributed by atoms with Gasteiger partial charge in [-0.2, -0.15) is 0 Å². The predicted octanol–water partition coefficient (Wildman–Crippen LogP) is 1.58. The van der Waals surface area contributed by atoms with Crippen molar-refractivity contribution in [1.82, 2.24) is 15.1 Å². The highest BCUT2D eigenvalue weighted by Crippen LogP contribution is 2.11. The zero-order chi connectivity index (χ0) is 18.8. The quantitative estimate of drug-likeness (QED) is 0.551. The summed E-state index contributed by atoms with van der Waals surface area (Å²) in [6, 6.07) is 4.57. The van der Waals surface area contributed by atoms with Gasteiger partial charge in [-0.3, -0.25) is 4.79 Å². The van der Waals surface area contributed by atoms with Gasteiger partial charge >= 0.3 is 0 Å². The van der Waals surface area contributed by atoms with Gasteiger partial charge in [0.15, 0.2) is 5.96 Å². The van der Waals surface area contributed by atoms with Crippen LogP contribution in [0.1, 0.15) is 31.9 Å². The van der Waals surface area contributed by atoms with E-state index >= 15 is 0 Å². The lowest BCUT2D eigenvalue weighted by molar-refractivity contribution is -0.131. The number of amides is 1. The van der Waals surface area contributed by atoms with Crippen LogP contribution in [0.5, 0.6) is 0 Å². The van der Waals surface area contributed by atoms with Crippen LogP contribution in [0.4, 0.5) is 4.39 Å². The molecule has 1 aromatic carbocycles. The summed E-state index contributed by atoms with van der Waals surface area (Å²) in [6.45, 7) is 8.11. The molecular weight excluding hydrogens is 323 g/mol. The number of nitrogens with zero attached hydrogens (tertiary/aromatic N) is 3. The number of halogens is 1. The highest BCUT2D eigenvalue weighted by Gasteiger charge is 2.15. The first kappa shape index (κ1) is 20.9. The molecule has 1 rings (SSSR count). The summed E-state index contributed by atoms with van der Waals surface area (Å²) >= 11 is 0. The summed E-state index contributed by atoms with van der Waals surface area (Å²) in [7, 11) is 1.81. The van der Waals surface area contributed by atoms with Crippen molar-refractivity contribution in [2.45, 2.75) is 33.9 Å². The van der Waals surface area contributed by atoms with E-state index < -0.39 is 5.82 Å². The lowest BCUT2D eigenvalue weighted by atomic mass is 10.1. The smallest absolute Gasteiger partial charge is 0.242 e. The van der Waals surface area contributed by atoms with E-state index in [1.165, 1.54) is 6.07 Å². The molecule has 0 aromatic heterocycles. The van der Waals surface area contributed by atoms with E-state index in [0.717, 1.165) is 5.56 Å². The van der Waals surface area contributed by atoms with Crippen LogP contribution in [0, 0.1) is 5.82 Å². The normalized spacial score (nSPS) is 11.4. The van der Waals surface area contributed by atoms with Crippen LogP contribution in [0.3, 0.4) is 0 Å². The Morgan fingerprint density at radius 3 is 2.52 bits per heavy atom. The van der Waals surface area contributed by atoms with Gasteiger partial charge in [-0.25, -0.2) is 9.38 Å². The van der Waals surface area contributed by atoms with Gasteiger partial charge in [-0.1, -0.05) is 6.07 Å². The molecule has 0 bridgehead atoms. The molecule has 25 heavy (non-hydrogen) atoms. The average molecular weight is 352 g/mol. The van der Waals surface area contributed by atoms with Crippen LogP contribution in [-0.2, 0) is 17.9 Å². The number of guanidine groups is 1. The summed E-state index contributed by atoms with van der Waals surface area (Å²) in [5, 5.41) is 12.3. The second-order valence-corrected chi connectivity index (χ2v) is 5.68. The molecule has 0 saturated carbocycles. The van der Waals surface area contributed by atoms with Crippen LogP contribution in [0.2, 0.25) is 0 Å². The molecular formula is C18H29FN4O2. The van der Waals surface area contributed by atoms with Gasteiger partial charge in [0.25, 0.3) is 0 Å². The molecule has 140 valence electrons. The first-order valence-corrected chi connectivity index (χ1v) is 8.62. The molecule has 1 aromatic rings. The predicted molar refractivity (Wildman–Crippen MR) is 97.7 cm³/mol. The summed E-state index contributed by atoms with van der Waals surface area (Å²) in [4.78, 5) is 20.3. The van der Waals surface area contributed by atoms with Crippen LogP contribution in [0.25, 0.3) is 0 Å². The molecule has 0 unspecified atom stereocenters. The molecule has 2 N–H and O–H groups in total. The number of aliphatic hydroxyl groups excluding tert-OH is 1. The molecule has 0 heterocycles. The maximum absolute atomic E-state index is 13.4. The minimum Gasteiger partial charge on any atom is -0.392 e. The van der Waals surface area contributed by atoms with Crippen LogP contribution >= 0.6 is 0 Å². The van der Waals surface area contributed by atoms with E-state index in [4.69, 9.17) is 5.11 Å². The Morgan fingerprint density at radius 2 is 1.96 bits per heavy atom. The molecule has 0 atom stereocenters. The molecule has 0 spiro atoms. The highest BCUT2D eigenvalue weighted by molar-refractivity contribution is 5.86. The van der Waals surface area contributed by atoms with Crippen molar-refractivity contribution in [1.29, 1.82) is 0 Å². The summed E-state index contributed by atoms with van der Waals surface area (Å²) in [6.07, 6.45) is 0. The van der Waals surface area contributed by atoms with Crippen molar-refractivity contribution < 1.29 is 14.3 Å². The highest BCUT2D eigenvalue weighted by atomic mass is 19.1. The molecule has 1 amide bonds. The number of carbonyl (C=O) groups excluding carboxylic acids is 1. The Morgan fingerprint density at radius 1 is 1.28 bits per heavy atom. The van der Waals surface area contributed by atoms with Crippen LogP contribution in [-0.4, -0.2) is 60.0 Å². The Kier molecular flexibility index (Phi) is 8.91. The lowest BCUT2D eigenvalue weighted by Crippen LogP contribution is -2.45. The monoisotopic (exact) mass is 352 g/mol. The number of nitrogens with one attached hydrogen (secondary N) is 1. The van der Waals surface area contributed by atoms with Gasteiger partial charge in [0, 0.05) is 32.2 Å². The largest absolute Gasteiger partial charge is 0.392 e. The van der Waals surface area contributed by atoms with E-state index in [1.54, 1.807) is 21.9 Å². The summed E-state index contributed by atoms with van der Waals surface area (Å²) < 4.78 is 13.4. The van der Waals surface area contributed by atoms with E-state index in [0.29, 0.717) is 32.1 Å². The van der Waals surface area contributed by atoms with Crippen molar-refractivity contribution in [2.24, 2.45) is 4.99 Å². The first-order valence-electron chi connectivity index (χ1n) is 8.62. The third kappa shape index (κ3) is 6.34. The maximum Gasteiger partial charge on any atom is 0.242 e. The number of rotatable bonds is 8. The number of likely N-dealkylation sites (N-methyl/N-ethyl adjacent to an activating group) is 2. The van der Waals surface area contributed by atoms with Gasteiger partial charge < -0.3 is 20.2 Å². The summed E-state index contributed by atoms with van der Waals surface area (Å²) in [5.41, 5.74) is 1.05. The Hall–Kier alpha value is -2.15. The number of hydrogen-bond acceptors (Lipinski definition) is 3. The Bertz CT molecular complexity index is 588. The van der Waals surface area contributed by atoms with Crippen molar-refractivity contribution in [3.8, 4) is 0 Å². The first-order chi connectivity index (χ1) is 12.0. The van der Waals surface area contributed by atoms with Gasteiger partial charge in [-0.15, -0.1) is 0 Å². The average Bonchev–Trinajstić information content (AvgIpc) is 2.60. The molecule has 7 heteroatoms. The lowest BCUT2D eigenvalue weighted by Gasteiger charge is -2.25. The second kappa shape index (κ2) is 10.7. The molecule has 6 nitrogen and oxygen atoms in total. The van der Waals surface area contributed by atoms with Gasteiger partial charge in [-0.05, 0) is 38.5 Å². The number of aliphatic imine (C=N–C) groups is 1. The van der Waals surface area contributed by atoms with Crippen LogP contribution in [0.15, 0.2) is 23.2 Å². The minimum atomic E-state index is -0.427. The molecule has 0 aliphatic carbocycles. The van der Waals surface area contributed by atoms with E-state index in [1.807, 2.05) is 27.8 Å².